The van der Waals surface area contributed by atoms with Crippen molar-refractivity contribution in [2.45, 2.75) is 48.6 Å². The lowest BCUT2D eigenvalue weighted by Crippen LogP contribution is -2.58. The molecule has 4 rings (SSSR count). The van der Waals surface area contributed by atoms with Crippen molar-refractivity contribution in [2.24, 2.45) is 10.7 Å². The molecule has 0 spiro atoms. The smallest absolute Gasteiger partial charge is 0.185 e. The molecule has 32 heavy (non-hydrogen) atoms. The van der Waals surface area contributed by atoms with Crippen LogP contribution in [0.3, 0.4) is 0 Å². The molecule has 2 aliphatic heterocycles. The molecule has 1 aromatic heterocycles. The third-order valence-corrected chi connectivity index (χ3v) is 10.5. The molecular weight excluding hydrogens is 456 g/mol. The highest BCUT2D eigenvalue weighted by molar-refractivity contribution is 8.03. The van der Waals surface area contributed by atoms with Crippen molar-refractivity contribution in [2.75, 3.05) is 6.67 Å². The van der Waals surface area contributed by atoms with Crippen LogP contribution in [0.2, 0.25) is 5.02 Å². The second-order valence-electron chi connectivity index (χ2n) is 8.76. The van der Waals surface area contributed by atoms with E-state index < -0.39 is 37.5 Å². The molecule has 1 unspecified atom stereocenters. The number of hydrogen-bond acceptors (Lipinski definition) is 5. The Labute approximate surface area is 191 Å². The molecule has 0 saturated carbocycles. The predicted molar refractivity (Wildman–Crippen MR) is 124 cm³/mol. The van der Waals surface area contributed by atoms with Crippen molar-refractivity contribution < 1.29 is 17.8 Å². The summed E-state index contributed by atoms with van der Waals surface area (Å²) in [5.41, 5.74) is 6.49. The van der Waals surface area contributed by atoms with Crippen molar-refractivity contribution >= 4 is 38.6 Å². The number of Topliss-reactive ketones (excluding diaryl/α,β-unsaturated/α-hetero) is 1. The van der Waals surface area contributed by atoms with Crippen LogP contribution in [0.25, 0.3) is 0 Å². The summed E-state index contributed by atoms with van der Waals surface area (Å²) < 4.78 is 41.2. The largest absolute Gasteiger partial charge is 0.386 e. The Kier molecular flexibility index (Phi) is 5.45. The number of nitrogens with two attached hydrogens (primary N) is 1. The lowest BCUT2D eigenvalue weighted by atomic mass is 9.85. The number of fused-ring (bicyclic) bond motifs is 2. The van der Waals surface area contributed by atoms with Gasteiger partial charge in [0, 0.05) is 18.2 Å². The Balaban J connectivity index is 1.75. The van der Waals surface area contributed by atoms with Crippen LogP contribution in [-0.2, 0) is 21.5 Å². The Morgan fingerprint density at radius 3 is 2.78 bits per heavy atom. The lowest BCUT2D eigenvalue weighted by molar-refractivity contribution is 0.0987. The summed E-state index contributed by atoms with van der Waals surface area (Å²) in [6, 6.07) is 5.98. The van der Waals surface area contributed by atoms with Gasteiger partial charge in [0.25, 0.3) is 0 Å². The van der Waals surface area contributed by atoms with Gasteiger partial charge in [-0.1, -0.05) is 17.7 Å². The van der Waals surface area contributed by atoms with Gasteiger partial charge in [-0.05, 0) is 71.4 Å². The van der Waals surface area contributed by atoms with Gasteiger partial charge in [-0.25, -0.2) is 8.78 Å². The van der Waals surface area contributed by atoms with Gasteiger partial charge in [0.05, 0.1) is 10.3 Å². The fraction of sp³-hybridized carbons (Fsp3) is 0.391. The van der Waals surface area contributed by atoms with Gasteiger partial charge >= 0.3 is 0 Å². The third kappa shape index (κ3) is 3.18. The number of amidine groups is 1. The molecule has 4 atom stereocenters. The monoisotopic (exact) mass is 479 g/mol. The first kappa shape index (κ1) is 22.9. The summed E-state index contributed by atoms with van der Waals surface area (Å²) in [5, 5.41) is -0.236. The zero-order valence-electron chi connectivity index (χ0n) is 17.8. The minimum Gasteiger partial charge on any atom is -0.386 e. The zero-order chi connectivity index (χ0) is 23.5. The molecule has 1 fully saturated rings. The number of nitrogens with zero attached hydrogens (tertiary/aromatic N) is 2. The number of rotatable bonds is 5. The van der Waals surface area contributed by atoms with Crippen LogP contribution in [0.15, 0.2) is 35.5 Å². The standard InChI is InChI=1S/C23H24ClF2N3O2S/c1-13-8-15(24)11-28-20(13)18(30)10-14-4-5-17(26)16(9-14)22(2)19-6-7-23(12-25,21(27)29-22)32(19,3)31/h4-5,8-9,11,19H,3,6-7,10,12H2,1-2H3,(H2,27,29)/t19-,22+,23-,32?/m0/s1. The maximum Gasteiger partial charge on any atom is 0.185 e. The summed E-state index contributed by atoms with van der Waals surface area (Å²) >= 11 is 5.92. The van der Waals surface area contributed by atoms with Crippen molar-refractivity contribution in [1.82, 2.24) is 4.98 Å². The molecule has 0 aliphatic carbocycles. The Bertz CT molecular complexity index is 1260. The highest BCUT2D eigenvalue weighted by Gasteiger charge is 2.61. The molecule has 2 aromatic rings. The number of alkyl halides is 1. The molecule has 1 aromatic carbocycles. The van der Waals surface area contributed by atoms with Crippen molar-refractivity contribution in [1.29, 1.82) is 0 Å². The first-order valence-corrected chi connectivity index (χ1v) is 12.3. The molecule has 2 aliphatic rings. The number of aliphatic imine (C=N–C) groups is 1. The van der Waals surface area contributed by atoms with Crippen LogP contribution < -0.4 is 5.73 Å². The quantitative estimate of drug-likeness (QED) is 0.522. The first-order valence-electron chi connectivity index (χ1n) is 10.2. The number of halogens is 3. The SMILES string of the molecule is C=S1(=O)[C@H]2CC[C@]1(CF)C(N)=N[C@]2(C)c1cc(CC(=O)c2ncc(Cl)cc2C)ccc1F. The van der Waals surface area contributed by atoms with Crippen molar-refractivity contribution in [3.05, 3.63) is 63.7 Å². The van der Waals surface area contributed by atoms with Gasteiger partial charge in [-0.15, -0.1) is 0 Å². The average molecular weight is 480 g/mol. The minimum absolute atomic E-state index is 0.0170. The molecule has 2 bridgehead atoms. The van der Waals surface area contributed by atoms with E-state index in [-0.39, 0.29) is 35.7 Å². The topological polar surface area (TPSA) is 85.4 Å². The summed E-state index contributed by atoms with van der Waals surface area (Å²) in [7, 11) is -3.04. The number of ketones is 1. The van der Waals surface area contributed by atoms with Crippen LogP contribution in [0.5, 0.6) is 0 Å². The highest BCUT2D eigenvalue weighted by atomic mass is 35.5. The number of carbonyl (C=O) groups excluding carboxylic acids is 1. The van der Waals surface area contributed by atoms with E-state index in [1.54, 1.807) is 26.0 Å². The first-order chi connectivity index (χ1) is 15.0. The normalized spacial score (nSPS) is 31.4. The van der Waals surface area contributed by atoms with Crippen LogP contribution in [0.1, 0.15) is 46.9 Å². The summed E-state index contributed by atoms with van der Waals surface area (Å²) in [6.07, 6.45) is 2.00. The van der Waals surface area contributed by atoms with Gasteiger partial charge in [-0.3, -0.25) is 19.0 Å². The molecule has 3 heterocycles. The Morgan fingerprint density at radius 2 is 2.12 bits per heavy atom. The maximum absolute atomic E-state index is 15.0. The predicted octanol–water partition coefficient (Wildman–Crippen LogP) is 3.78. The number of benzene rings is 1. The van der Waals surface area contributed by atoms with E-state index >= 15 is 4.39 Å². The molecule has 5 nitrogen and oxygen atoms in total. The van der Waals surface area contributed by atoms with Gasteiger partial charge in [-0.2, -0.15) is 0 Å². The second-order valence-corrected chi connectivity index (χ2v) is 12.0. The molecule has 1 saturated heterocycles. The van der Waals surface area contributed by atoms with E-state index in [9.17, 15) is 13.4 Å². The molecule has 0 amide bonds. The van der Waals surface area contributed by atoms with E-state index in [2.05, 4.69) is 15.8 Å². The molecular formula is C23H24ClF2N3O2S. The Morgan fingerprint density at radius 1 is 1.41 bits per heavy atom. The van der Waals surface area contributed by atoms with Gasteiger partial charge in [0.15, 0.2) is 5.78 Å². The fourth-order valence-corrected chi connectivity index (χ4v) is 8.24. The molecule has 2 N–H and O–H groups in total. The highest BCUT2D eigenvalue weighted by Crippen LogP contribution is 2.51. The van der Waals surface area contributed by atoms with Crippen LogP contribution >= 0.6 is 11.6 Å². The van der Waals surface area contributed by atoms with E-state index in [0.717, 1.165) is 0 Å². The van der Waals surface area contributed by atoms with E-state index in [4.69, 9.17) is 17.3 Å². The minimum atomic E-state index is -3.04. The number of aromatic nitrogens is 1. The van der Waals surface area contributed by atoms with Gasteiger partial charge in [0.1, 0.15) is 34.3 Å². The van der Waals surface area contributed by atoms with Crippen LogP contribution in [0.4, 0.5) is 8.78 Å². The van der Waals surface area contributed by atoms with Crippen molar-refractivity contribution in [3.8, 4) is 0 Å². The van der Waals surface area contributed by atoms with E-state index in [1.165, 1.54) is 18.3 Å². The summed E-state index contributed by atoms with van der Waals surface area (Å²) in [6.45, 7) is 2.48. The number of pyridine rings is 1. The number of hydrogen-bond donors (Lipinski definition) is 1. The second kappa shape index (κ2) is 7.63. The van der Waals surface area contributed by atoms with Crippen LogP contribution in [-0.4, -0.2) is 43.4 Å². The van der Waals surface area contributed by atoms with Gasteiger partial charge < -0.3 is 5.73 Å². The number of aryl methyl sites for hydroxylation is 1. The fourth-order valence-electron chi connectivity index (χ4n) is 5.01. The van der Waals surface area contributed by atoms with E-state index in [1.807, 2.05) is 0 Å². The molecule has 9 heteroatoms. The summed E-state index contributed by atoms with van der Waals surface area (Å²) in [5.74, 6) is 2.97. The van der Waals surface area contributed by atoms with Crippen molar-refractivity contribution in [3.63, 3.8) is 0 Å². The molecule has 170 valence electrons. The lowest BCUT2D eigenvalue weighted by Gasteiger charge is -2.42. The van der Waals surface area contributed by atoms with E-state index in [0.29, 0.717) is 22.6 Å². The average Bonchev–Trinajstić information content (AvgIpc) is 2.92. The molecule has 0 radical (unpaired) electrons. The summed E-state index contributed by atoms with van der Waals surface area (Å²) in [4.78, 5) is 21.4. The van der Waals surface area contributed by atoms with Gasteiger partial charge in [0.2, 0.25) is 0 Å². The maximum atomic E-state index is 15.0. The third-order valence-electron chi connectivity index (χ3n) is 6.84. The Hall–Kier alpha value is -2.32. The number of carbonyl (C=O) groups is 1. The van der Waals surface area contributed by atoms with Crippen LogP contribution in [0, 0.1) is 12.7 Å². The zero-order valence-corrected chi connectivity index (χ0v) is 19.4.